The van der Waals surface area contributed by atoms with Crippen molar-refractivity contribution in [2.75, 3.05) is 6.61 Å². The first kappa shape index (κ1) is 11.6. The number of benzene rings is 1. The van der Waals surface area contributed by atoms with Gasteiger partial charge in [0.25, 0.3) is 5.56 Å². The van der Waals surface area contributed by atoms with Crippen molar-refractivity contribution in [1.82, 2.24) is 3.96 Å². The fourth-order valence-electron chi connectivity index (χ4n) is 1.40. The zero-order valence-electron chi connectivity index (χ0n) is 9.25. The van der Waals surface area contributed by atoms with Gasteiger partial charge in [0.2, 0.25) is 0 Å². The maximum Gasteiger partial charge on any atom is 0.338 e. The van der Waals surface area contributed by atoms with Gasteiger partial charge in [-0.25, -0.2) is 8.75 Å². The van der Waals surface area contributed by atoms with Crippen molar-refractivity contribution in [3.8, 4) is 5.69 Å². The molecule has 0 aliphatic carbocycles. The predicted octanol–water partition coefficient (Wildman–Crippen LogP) is 2.08. The highest BCUT2D eigenvalue weighted by molar-refractivity contribution is 7.04. The molecule has 1 heterocycles. The van der Waals surface area contributed by atoms with E-state index in [9.17, 15) is 9.59 Å². The van der Waals surface area contributed by atoms with Crippen LogP contribution < -0.4 is 5.56 Å². The van der Waals surface area contributed by atoms with Crippen molar-refractivity contribution in [2.45, 2.75) is 6.92 Å². The Morgan fingerprint density at radius 1 is 1.29 bits per heavy atom. The van der Waals surface area contributed by atoms with Gasteiger partial charge in [-0.3, -0.25) is 4.79 Å². The van der Waals surface area contributed by atoms with Crippen molar-refractivity contribution >= 4 is 17.5 Å². The highest BCUT2D eigenvalue weighted by atomic mass is 32.1. The molecule has 0 aliphatic rings. The van der Waals surface area contributed by atoms with Crippen molar-refractivity contribution in [3.05, 3.63) is 51.6 Å². The average Bonchev–Trinajstić information content (AvgIpc) is 2.76. The van der Waals surface area contributed by atoms with Gasteiger partial charge in [-0.05, 0) is 31.2 Å². The van der Waals surface area contributed by atoms with E-state index in [4.69, 9.17) is 4.74 Å². The van der Waals surface area contributed by atoms with Crippen LogP contribution in [-0.4, -0.2) is 16.5 Å². The Kier molecular flexibility index (Phi) is 3.39. The molecule has 0 aliphatic heterocycles. The molecule has 1 aromatic carbocycles. The number of aromatic nitrogens is 1. The molecular formula is C12H11NO3S. The molecule has 5 heteroatoms. The third kappa shape index (κ3) is 2.45. The van der Waals surface area contributed by atoms with Crippen LogP contribution in [-0.2, 0) is 4.74 Å². The second-order valence-corrected chi connectivity index (χ2v) is 4.16. The minimum Gasteiger partial charge on any atom is -0.462 e. The molecular weight excluding hydrogens is 238 g/mol. The number of carbonyl (C=O) groups is 1. The lowest BCUT2D eigenvalue weighted by atomic mass is 10.2. The molecule has 0 amide bonds. The van der Waals surface area contributed by atoms with Crippen LogP contribution >= 0.6 is 11.5 Å². The highest BCUT2D eigenvalue weighted by Gasteiger charge is 2.06. The van der Waals surface area contributed by atoms with Gasteiger partial charge in [0, 0.05) is 11.4 Å². The van der Waals surface area contributed by atoms with Crippen molar-refractivity contribution < 1.29 is 9.53 Å². The van der Waals surface area contributed by atoms with Crippen LogP contribution in [0.4, 0.5) is 0 Å². The number of hydrogen-bond donors (Lipinski definition) is 0. The number of carbonyl (C=O) groups excluding carboxylic acids is 1. The molecule has 0 bridgehead atoms. The first-order valence-electron chi connectivity index (χ1n) is 5.17. The SMILES string of the molecule is CCOC(=O)c1ccc(-n2sccc2=O)cc1. The molecule has 2 aromatic rings. The molecule has 4 nitrogen and oxygen atoms in total. The standard InChI is InChI=1S/C12H11NO3S/c1-2-16-12(15)9-3-5-10(6-4-9)13-11(14)7-8-17-13/h3-8H,2H2,1H3. The minimum atomic E-state index is -0.349. The van der Waals surface area contributed by atoms with Crippen molar-refractivity contribution in [1.29, 1.82) is 0 Å². The molecule has 0 unspecified atom stereocenters. The summed E-state index contributed by atoms with van der Waals surface area (Å²) in [4.78, 5) is 22.8. The monoisotopic (exact) mass is 249 g/mol. The van der Waals surface area contributed by atoms with E-state index in [0.29, 0.717) is 12.2 Å². The summed E-state index contributed by atoms with van der Waals surface area (Å²) in [5, 5.41) is 1.72. The van der Waals surface area contributed by atoms with Gasteiger partial charge in [-0.15, -0.1) is 0 Å². The minimum absolute atomic E-state index is 0.0705. The molecule has 0 saturated heterocycles. The third-order valence-corrected chi connectivity index (χ3v) is 3.05. The Labute approximate surface area is 102 Å². The number of ether oxygens (including phenoxy) is 1. The molecule has 0 atom stereocenters. The Hall–Kier alpha value is -1.88. The van der Waals surface area contributed by atoms with E-state index in [1.807, 2.05) is 0 Å². The summed E-state index contributed by atoms with van der Waals surface area (Å²) < 4.78 is 6.43. The van der Waals surface area contributed by atoms with Gasteiger partial charge in [-0.1, -0.05) is 11.5 Å². The summed E-state index contributed by atoms with van der Waals surface area (Å²) >= 11 is 1.32. The molecule has 88 valence electrons. The fourth-order valence-corrected chi connectivity index (χ4v) is 2.11. The molecule has 1 aromatic heterocycles. The van der Waals surface area contributed by atoms with Crippen LogP contribution in [0.2, 0.25) is 0 Å². The quantitative estimate of drug-likeness (QED) is 0.782. The Balaban J connectivity index is 2.28. The number of esters is 1. The first-order chi connectivity index (χ1) is 8.22. The lowest BCUT2D eigenvalue weighted by Crippen LogP contribution is -2.10. The largest absolute Gasteiger partial charge is 0.462 e. The van der Waals surface area contributed by atoms with Crippen LogP contribution in [0.25, 0.3) is 5.69 Å². The van der Waals surface area contributed by atoms with Crippen LogP contribution in [0.1, 0.15) is 17.3 Å². The van der Waals surface area contributed by atoms with Crippen LogP contribution in [0.3, 0.4) is 0 Å². The number of hydrogen-bond acceptors (Lipinski definition) is 4. The summed E-state index contributed by atoms with van der Waals surface area (Å²) in [5.41, 5.74) is 1.16. The number of rotatable bonds is 3. The van der Waals surface area contributed by atoms with Crippen LogP contribution in [0.5, 0.6) is 0 Å². The van der Waals surface area contributed by atoms with Gasteiger partial charge in [0.05, 0.1) is 17.9 Å². The van der Waals surface area contributed by atoms with Gasteiger partial charge in [-0.2, -0.15) is 0 Å². The maximum atomic E-state index is 11.4. The third-order valence-electron chi connectivity index (χ3n) is 2.19. The van der Waals surface area contributed by atoms with Crippen molar-refractivity contribution in [2.24, 2.45) is 0 Å². The first-order valence-corrected chi connectivity index (χ1v) is 6.00. The van der Waals surface area contributed by atoms with E-state index in [0.717, 1.165) is 5.69 Å². The Morgan fingerprint density at radius 3 is 2.53 bits per heavy atom. The Bertz CT molecular complexity index is 568. The molecule has 0 fully saturated rings. The van der Waals surface area contributed by atoms with Crippen LogP contribution in [0, 0.1) is 0 Å². The van der Waals surface area contributed by atoms with E-state index >= 15 is 0 Å². The van der Waals surface area contributed by atoms with E-state index in [1.54, 1.807) is 40.5 Å². The van der Waals surface area contributed by atoms with E-state index in [1.165, 1.54) is 17.6 Å². The van der Waals surface area contributed by atoms with E-state index < -0.39 is 0 Å². The smallest absolute Gasteiger partial charge is 0.338 e. The molecule has 0 radical (unpaired) electrons. The van der Waals surface area contributed by atoms with Gasteiger partial charge >= 0.3 is 5.97 Å². The summed E-state index contributed by atoms with van der Waals surface area (Å²) in [6.07, 6.45) is 0. The van der Waals surface area contributed by atoms with Gasteiger partial charge < -0.3 is 4.74 Å². The Morgan fingerprint density at radius 2 is 2.00 bits per heavy atom. The summed E-state index contributed by atoms with van der Waals surface area (Å²) in [6, 6.07) is 8.26. The maximum absolute atomic E-state index is 11.4. The highest BCUT2D eigenvalue weighted by Crippen LogP contribution is 2.11. The number of nitrogens with zero attached hydrogens (tertiary/aromatic N) is 1. The molecule has 17 heavy (non-hydrogen) atoms. The van der Waals surface area contributed by atoms with Gasteiger partial charge in [0.1, 0.15) is 0 Å². The predicted molar refractivity (Wildman–Crippen MR) is 65.9 cm³/mol. The summed E-state index contributed by atoms with van der Waals surface area (Å²) in [7, 11) is 0. The lowest BCUT2D eigenvalue weighted by Gasteiger charge is -2.03. The fraction of sp³-hybridized carbons (Fsp3) is 0.167. The molecule has 0 saturated carbocycles. The van der Waals surface area contributed by atoms with E-state index in [2.05, 4.69) is 0 Å². The molecule has 0 spiro atoms. The van der Waals surface area contributed by atoms with Crippen molar-refractivity contribution in [3.63, 3.8) is 0 Å². The summed E-state index contributed by atoms with van der Waals surface area (Å²) in [6.45, 7) is 2.11. The van der Waals surface area contributed by atoms with Gasteiger partial charge in [0.15, 0.2) is 0 Å². The molecule has 0 N–H and O–H groups in total. The zero-order valence-corrected chi connectivity index (χ0v) is 10.1. The summed E-state index contributed by atoms with van der Waals surface area (Å²) in [5.74, 6) is -0.349. The normalized spacial score (nSPS) is 10.2. The second kappa shape index (κ2) is 4.97. The molecule has 2 rings (SSSR count). The topological polar surface area (TPSA) is 48.3 Å². The van der Waals surface area contributed by atoms with Crippen LogP contribution in [0.15, 0.2) is 40.5 Å². The zero-order chi connectivity index (χ0) is 12.3. The second-order valence-electron chi connectivity index (χ2n) is 3.31. The lowest BCUT2D eigenvalue weighted by molar-refractivity contribution is 0.0526. The average molecular weight is 249 g/mol. The van der Waals surface area contributed by atoms with E-state index in [-0.39, 0.29) is 11.5 Å².